The molecule has 1 rings (SSSR count). The maximum atomic E-state index is 12.1. The van der Waals surface area contributed by atoms with Crippen LogP contribution in [0.15, 0.2) is 18.2 Å². The molecule has 0 spiro atoms. The lowest BCUT2D eigenvalue weighted by Crippen LogP contribution is -2.16. The van der Waals surface area contributed by atoms with E-state index in [1.165, 1.54) is 0 Å². The molecule has 0 fully saturated rings. The van der Waals surface area contributed by atoms with Gasteiger partial charge in [0, 0.05) is 29.2 Å². The van der Waals surface area contributed by atoms with Crippen molar-refractivity contribution >= 4 is 49.4 Å². The summed E-state index contributed by atoms with van der Waals surface area (Å²) in [7, 11) is 0. The summed E-state index contributed by atoms with van der Waals surface area (Å²) in [6.45, 7) is 6.32. The Hall–Kier alpha value is -0.880. The minimum atomic E-state index is -0.172. The van der Waals surface area contributed by atoms with E-state index in [9.17, 15) is 9.59 Å². The largest absolute Gasteiger partial charge is 0.461 e. The fourth-order valence-corrected chi connectivity index (χ4v) is 4.12. The van der Waals surface area contributed by atoms with Crippen molar-refractivity contribution in [2.45, 2.75) is 53.1 Å². The summed E-state index contributed by atoms with van der Waals surface area (Å²) in [5.74, 6) is 0.518. The molecule has 1 amide bonds. The molecule has 146 valence electrons. The van der Waals surface area contributed by atoms with Gasteiger partial charge in [-0.15, -0.1) is 0 Å². The minimum Gasteiger partial charge on any atom is -0.461 e. The number of hydrogen-bond donors (Lipinski definition) is 1. The van der Waals surface area contributed by atoms with Crippen LogP contribution in [0.2, 0.25) is 0 Å². The molecule has 0 radical (unpaired) electrons. The van der Waals surface area contributed by atoms with Crippen LogP contribution in [0.5, 0.6) is 0 Å². The number of rotatable bonds is 11. The van der Waals surface area contributed by atoms with E-state index in [4.69, 9.17) is 4.74 Å². The first kappa shape index (κ1) is 23.2. The van der Waals surface area contributed by atoms with E-state index in [1.807, 2.05) is 32.0 Å². The molecule has 0 saturated heterocycles. The number of halogens is 2. The molecule has 26 heavy (non-hydrogen) atoms. The van der Waals surface area contributed by atoms with Gasteiger partial charge in [0.2, 0.25) is 5.91 Å². The predicted molar refractivity (Wildman–Crippen MR) is 114 cm³/mol. The molecule has 1 N–H and O–H groups in total. The van der Waals surface area contributed by atoms with Gasteiger partial charge in [-0.25, -0.2) is 0 Å². The van der Waals surface area contributed by atoms with Gasteiger partial charge in [-0.1, -0.05) is 57.8 Å². The van der Waals surface area contributed by atoms with Crippen LogP contribution in [0.25, 0.3) is 0 Å². The highest BCUT2D eigenvalue weighted by atomic mass is 79.9. The summed E-state index contributed by atoms with van der Waals surface area (Å²) in [6.07, 6.45) is 2.88. The van der Waals surface area contributed by atoms with Crippen LogP contribution in [0.1, 0.15) is 50.7 Å². The zero-order valence-electron chi connectivity index (χ0n) is 15.8. The van der Waals surface area contributed by atoms with E-state index in [2.05, 4.69) is 44.1 Å². The smallest absolute Gasteiger partial charge is 0.306 e. The molecule has 0 aliphatic heterocycles. The number of alkyl halides is 2. The molecular formula is C20H29Br2NO3. The zero-order valence-corrected chi connectivity index (χ0v) is 19.0. The summed E-state index contributed by atoms with van der Waals surface area (Å²) in [5, 5.41) is 4.76. The minimum absolute atomic E-state index is 0.0292. The normalized spacial score (nSPS) is 13.1. The lowest BCUT2D eigenvalue weighted by Gasteiger charge is -2.13. The van der Waals surface area contributed by atoms with Gasteiger partial charge < -0.3 is 10.1 Å². The van der Waals surface area contributed by atoms with Crippen LogP contribution in [-0.2, 0) is 20.9 Å². The fraction of sp³-hybridized carbons (Fsp3) is 0.600. The van der Waals surface area contributed by atoms with E-state index in [0.717, 1.165) is 40.3 Å². The number of amides is 1. The number of esters is 1. The van der Waals surface area contributed by atoms with E-state index >= 15 is 0 Å². The molecule has 2 atom stereocenters. The number of carbonyl (C=O) groups excluding carboxylic acids is 2. The van der Waals surface area contributed by atoms with Crippen LogP contribution < -0.4 is 5.32 Å². The molecule has 6 heteroatoms. The van der Waals surface area contributed by atoms with Gasteiger partial charge in [0.25, 0.3) is 0 Å². The van der Waals surface area contributed by atoms with Gasteiger partial charge in [-0.2, -0.15) is 0 Å². The third-order valence-electron chi connectivity index (χ3n) is 4.22. The first-order valence-electron chi connectivity index (χ1n) is 9.02. The summed E-state index contributed by atoms with van der Waals surface area (Å²) in [4.78, 5) is 24.0. The summed E-state index contributed by atoms with van der Waals surface area (Å²) in [6, 6.07) is 5.71. The SMILES string of the molecule is Cc1cc(COC(=O)CC(C)CCBr)ccc1NC(=O)CC(C)CCBr. The monoisotopic (exact) mass is 489 g/mol. The van der Waals surface area contributed by atoms with Crippen molar-refractivity contribution in [2.24, 2.45) is 11.8 Å². The van der Waals surface area contributed by atoms with E-state index in [1.54, 1.807) is 0 Å². The van der Waals surface area contributed by atoms with Crippen LogP contribution >= 0.6 is 31.9 Å². The predicted octanol–water partition coefficient (Wildman–Crippen LogP) is 5.60. The zero-order chi connectivity index (χ0) is 19.5. The van der Waals surface area contributed by atoms with Crippen molar-refractivity contribution in [1.29, 1.82) is 0 Å². The fourth-order valence-electron chi connectivity index (χ4n) is 2.56. The number of nitrogens with one attached hydrogen (secondary N) is 1. The number of ether oxygens (including phenoxy) is 1. The van der Waals surface area contributed by atoms with Crippen LogP contribution in [0.4, 0.5) is 5.69 Å². The standard InChI is InChI=1S/C20H29Br2NO3/c1-14(6-8-21)10-19(24)23-18-5-4-17(12-16(18)3)13-26-20(25)11-15(2)7-9-22/h4-5,12,14-15H,6-11,13H2,1-3H3,(H,23,24). The van der Waals surface area contributed by atoms with Gasteiger partial charge in [0.1, 0.15) is 6.61 Å². The van der Waals surface area contributed by atoms with Gasteiger partial charge in [0.05, 0.1) is 0 Å². The van der Waals surface area contributed by atoms with E-state index in [0.29, 0.717) is 24.7 Å². The summed E-state index contributed by atoms with van der Waals surface area (Å²) in [5.41, 5.74) is 2.70. The molecule has 0 heterocycles. The molecule has 0 aliphatic rings. The Kier molecular flexibility index (Phi) is 11.1. The van der Waals surface area contributed by atoms with Crippen molar-refractivity contribution in [3.63, 3.8) is 0 Å². The van der Waals surface area contributed by atoms with Crippen molar-refractivity contribution in [3.05, 3.63) is 29.3 Å². The molecule has 0 saturated carbocycles. The highest BCUT2D eigenvalue weighted by Crippen LogP contribution is 2.19. The Bertz CT molecular complexity index is 592. The average molecular weight is 491 g/mol. The molecule has 2 unspecified atom stereocenters. The van der Waals surface area contributed by atoms with Crippen LogP contribution in [0.3, 0.4) is 0 Å². The van der Waals surface area contributed by atoms with Crippen molar-refractivity contribution < 1.29 is 14.3 Å². The Morgan fingerprint density at radius 2 is 1.69 bits per heavy atom. The van der Waals surface area contributed by atoms with Crippen molar-refractivity contribution in [1.82, 2.24) is 0 Å². The number of carbonyl (C=O) groups is 2. The average Bonchev–Trinajstić information content (AvgIpc) is 2.55. The third kappa shape index (κ3) is 9.17. The van der Waals surface area contributed by atoms with Crippen molar-refractivity contribution in [3.8, 4) is 0 Å². The van der Waals surface area contributed by atoms with Gasteiger partial charge in [0.15, 0.2) is 0 Å². The maximum absolute atomic E-state index is 12.1. The molecule has 4 nitrogen and oxygen atoms in total. The Morgan fingerprint density at radius 3 is 2.27 bits per heavy atom. The van der Waals surface area contributed by atoms with E-state index < -0.39 is 0 Å². The van der Waals surface area contributed by atoms with Gasteiger partial charge >= 0.3 is 5.97 Å². The van der Waals surface area contributed by atoms with Crippen LogP contribution in [-0.4, -0.2) is 22.5 Å². The second-order valence-electron chi connectivity index (χ2n) is 6.93. The molecule has 0 bridgehead atoms. The summed E-state index contributed by atoms with van der Waals surface area (Å²) >= 11 is 6.79. The highest BCUT2D eigenvalue weighted by molar-refractivity contribution is 9.09. The topological polar surface area (TPSA) is 55.4 Å². The lowest BCUT2D eigenvalue weighted by atomic mass is 10.0. The molecule has 1 aromatic carbocycles. The second kappa shape index (κ2) is 12.5. The Morgan fingerprint density at radius 1 is 1.08 bits per heavy atom. The number of hydrogen-bond acceptors (Lipinski definition) is 3. The molecule has 0 aliphatic carbocycles. The quantitative estimate of drug-likeness (QED) is 0.324. The van der Waals surface area contributed by atoms with Gasteiger partial charge in [-0.3, -0.25) is 9.59 Å². The van der Waals surface area contributed by atoms with Gasteiger partial charge in [-0.05, 0) is 48.8 Å². The molecule has 1 aromatic rings. The first-order valence-corrected chi connectivity index (χ1v) is 11.3. The maximum Gasteiger partial charge on any atom is 0.306 e. The first-order chi connectivity index (χ1) is 12.3. The Balaban J connectivity index is 2.51. The van der Waals surface area contributed by atoms with Crippen molar-refractivity contribution in [2.75, 3.05) is 16.0 Å². The number of aryl methyl sites for hydroxylation is 1. The van der Waals surface area contributed by atoms with Crippen LogP contribution in [0, 0.1) is 18.8 Å². The Labute approximate surface area is 173 Å². The second-order valence-corrected chi connectivity index (χ2v) is 8.52. The summed E-state index contributed by atoms with van der Waals surface area (Å²) < 4.78 is 5.35. The third-order valence-corrected chi connectivity index (χ3v) is 5.13. The number of anilines is 1. The molecule has 0 aromatic heterocycles. The van der Waals surface area contributed by atoms with E-state index in [-0.39, 0.29) is 18.5 Å². The lowest BCUT2D eigenvalue weighted by molar-refractivity contribution is -0.146. The highest BCUT2D eigenvalue weighted by Gasteiger charge is 2.12. The number of benzene rings is 1. The molecular weight excluding hydrogens is 462 g/mol.